The van der Waals surface area contributed by atoms with Gasteiger partial charge in [0.1, 0.15) is 5.75 Å². The number of carbonyl (C=O) groups is 1. The molecule has 122 valence electrons. The van der Waals surface area contributed by atoms with Crippen LogP contribution in [0.2, 0.25) is 0 Å². The summed E-state index contributed by atoms with van der Waals surface area (Å²) in [6.45, 7) is 1.23. The molecule has 2 aromatic rings. The van der Waals surface area contributed by atoms with E-state index in [1.165, 1.54) is 23.9 Å². The van der Waals surface area contributed by atoms with Crippen LogP contribution in [0.3, 0.4) is 0 Å². The van der Waals surface area contributed by atoms with E-state index >= 15 is 0 Å². The number of halogens is 2. The van der Waals surface area contributed by atoms with Crippen LogP contribution in [0.4, 0.5) is 8.78 Å². The molecule has 6 nitrogen and oxygen atoms in total. The van der Waals surface area contributed by atoms with E-state index < -0.39 is 12.5 Å². The number of aromatic nitrogens is 3. The van der Waals surface area contributed by atoms with Crippen LogP contribution in [0.25, 0.3) is 11.4 Å². The minimum atomic E-state index is -2.87. The molecule has 0 bridgehead atoms. The molecule has 1 amide bonds. The van der Waals surface area contributed by atoms with Crippen molar-refractivity contribution in [2.45, 2.75) is 18.3 Å². The number of allylic oxidation sites excluding steroid dienone is 1. The van der Waals surface area contributed by atoms with Crippen molar-refractivity contribution in [3.05, 3.63) is 36.9 Å². The molecule has 1 heterocycles. The van der Waals surface area contributed by atoms with Gasteiger partial charge in [-0.3, -0.25) is 9.36 Å². The third kappa shape index (κ3) is 4.52. The van der Waals surface area contributed by atoms with Gasteiger partial charge in [0.25, 0.3) is 0 Å². The zero-order valence-corrected chi connectivity index (χ0v) is 12.8. The summed E-state index contributed by atoms with van der Waals surface area (Å²) in [6, 6.07) is 6.04. The molecule has 23 heavy (non-hydrogen) atoms. The Balaban J connectivity index is 2.27. The summed E-state index contributed by atoms with van der Waals surface area (Å²) in [5.74, 6) is 0.205. The van der Waals surface area contributed by atoms with Gasteiger partial charge < -0.3 is 10.5 Å². The molecule has 0 aliphatic rings. The molecular weight excluding hydrogens is 326 g/mol. The zero-order valence-electron chi connectivity index (χ0n) is 12.0. The Morgan fingerprint density at radius 2 is 2.09 bits per heavy atom. The minimum absolute atomic E-state index is 0.0573. The largest absolute Gasteiger partial charge is 0.435 e. The molecule has 1 aromatic heterocycles. The average Bonchev–Trinajstić information content (AvgIpc) is 2.89. The predicted molar refractivity (Wildman–Crippen MR) is 82.2 cm³/mol. The number of ether oxygens (including phenoxy) is 1. The predicted octanol–water partition coefficient (Wildman–Crippen LogP) is 2.31. The molecule has 0 saturated heterocycles. The smallest absolute Gasteiger partial charge is 0.387 e. The molecule has 0 atom stereocenters. The molecule has 2 N–H and O–H groups in total. The van der Waals surface area contributed by atoms with Crippen molar-refractivity contribution in [2.24, 2.45) is 5.73 Å². The lowest BCUT2D eigenvalue weighted by atomic mass is 10.2. The highest BCUT2D eigenvalue weighted by molar-refractivity contribution is 7.99. The number of rotatable bonds is 8. The van der Waals surface area contributed by atoms with Gasteiger partial charge in [0, 0.05) is 12.1 Å². The topological polar surface area (TPSA) is 83.0 Å². The number of alkyl halides is 2. The summed E-state index contributed by atoms with van der Waals surface area (Å²) in [5, 5.41) is 8.62. The molecule has 0 aliphatic carbocycles. The van der Waals surface area contributed by atoms with E-state index in [2.05, 4.69) is 21.5 Å². The van der Waals surface area contributed by atoms with Gasteiger partial charge in [0.05, 0.1) is 5.75 Å². The number of nitrogens with zero attached hydrogens (tertiary/aromatic N) is 3. The Morgan fingerprint density at radius 3 is 2.65 bits per heavy atom. The normalized spacial score (nSPS) is 10.7. The second-order valence-corrected chi connectivity index (χ2v) is 5.31. The molecule has 0 saturated carbocycles. The van der Waals surface area contributed by atoms with Gasteiger partial charge in [-0.1, -0.05) is 17.8 Å². The number of thioether (sulfide) groups is 1. The highest BCUT2D eigenvalue weighted by atomic mass is 32.2. The first kappa shape index (κ1) is 16.9. The Hall–Kier alpha value is -2.42. The Bertz CT molecular complexity index is 689. The number of amides is 1. The molecule has 0 radical (unpaired) electrons. The summed E-state index contributed by atoms with van der Waals surface area (Å²) in [5.41, 5.74) is 5.80. The van der Waals surface area contributed by atoms with Crippen LogP contribution in [0.15, 0.2) is 42.1 Å². The van der Waals surface area contributed by atoms with Crippen molar-refractivity contribution >= 4 is 17.7 Å². The van der Waals surface area contributed by atoms with E-state index in [1.807, 2.05) is 0 Å². The molecule has 2 rings (SSSR count). The first-order chi connectivity index (χ1) is 11.0. The van der Waals surface area contributed by atoms with Crippen LogP contribution in [0.5, 0.6) is 5.75 Å². The van der Waals surface area contributed by atoms with Gasteiger partial charge in [0.2, 0.25) is 5.91 Å². The van der Waals surface area contributed by atoms with Crippen molar-refractivity contribution in [3.8, 4) is 17.1 Å². The van der Waals surface area contributed by atoms with Crippen LogP contribution in [0, 0.1) is 0 Å². The van der Waals surface area contributed by atoms with Crippen molar-refractivity contribution in [1.29, 1.82) is 0 Å². The van der Waals surface area contributed by atoms with E-state index in [0.717, 1.165) is 0 Å². The molecule has 9 heteroatoms. The third-order valence-corrected chi connectivity index (χ3v) is 3.70. The highest BCUT2D eigenvalue weighted by Crippen LogP contribution is 2.26. The Morgan fingerprint density at radius 1 is 1.39 bits per heavy atom. The van der Waals surface area contributed by atoms with Crippen LogP contribution >= 0.6 is 11.8 Å². The number of carbonyl (C=O) groups excluding carboxylic acids is 1. The minimum Gasteiger partial charge on any atom is -0.435 e. The van der Waals surface area contributed by atoms with Gasteiger partial charge in [-0.15, -0.1) is 16.8 Å². The molecule has 0 unspecified atom stereocenters. The number of benzene rings is 1. The summed E-state index contributed by atoms with van der Waals surface area (Å²) < 4.78 is 30.4. The highest BCUT2D eigenvalue weighted by Gasteiger charge is 2.14. The third-order valence-electron chi connectivity index (χ3n) is 2.71. The maximum absolute atomic E-state index is 12.2. The maximum atomic E-state index is 12.2. The Labute approximate surface area is 135 Å². The van der Waals surface area contributed by atoms with Gasteiger partial charge in [-0.25, -0.2) is 0 Å². The lowest BCUT2D eigenvalue weighted by molar-refractivity contribution is -0.115. The van der Waals surface area contributed by atoms with Crippen molar-refractivity contribution in [1.82, 2.24) is 14.8 Å². The molecule has 1 aromatic carbocycles. The number of nitrogens with two attached hydrogens (primary N) is 1. The standard InChI is InChI=1S/C14H14F2N4O2S/c1-2-7-20-12(18-19-14(20)23-8-11(17)21)9-3-5-10(6-4-9)22-13(15)16/h2-6,13H,1,7-8H2,(H2,17,21). The fourth-order valence-corrected chi connectivity index (χ4v) is 2.51. The van der Waals surface area contributed by atoms with Crippen LogP contribution < -0.4 is 10.5 Å². The molecule has 0 spiro atoms. The van der Waals surface area contributed by atoms with Crippen LogP contribution in [-0.2, 0) is 11.3 Å². The number of primary amides is 1. The number of hydrogen-bond donors (Lipinski definition) is 1. The van der Waals surface area contributed by atoms with Crippen molar-refractivity contribution in [2.75, 3.05) is 5.75 Å². The van der Waals surface area contributed by atoms with Crippen molar-refractivity contribution < 1.29 is 18.3 Å². The van der Waals surface area contributed by atoms with E-state index in [-0.39, 0.29) is 11.5 Å². The van der Waals surface area contributed by atoms with Gasteiger partial charge in [0.15, 0.2) is 11.0 Å². The fourth-order valence-electron chi connectivity index (χ4n) is 1.82. The average molecular weight is 340 g/mol. The molecule has 0 aliphatic heterocycles. The summed E-state index contributed by atoms with van der Waals surface area (Å²) in [6.07, 6.45) is 1.66. The summed E-state index contributed by atoms with van der Waals surface area (Å²) >= 11 is 1.17. The summed E-state index contributed by atoms with van der Waals surface area (Å²) in [7, 11) is 0. The molecular formula is C14H14F2N4O2S. The van der Waals surface area contributed by atoms with Gasteiger partial charge >= 0.3 is 6.61 Å². The van der Waals surface area contributed by atoms with Gasteiger partial charge in [-0.05, 0) is 24.3 Å². The Kier molecular flexibility index (Phi) is 5.69. The van der Waals surface area contributed by atoms with E-state index in [1.54, 1.807) is 22.8 Å². The van der Waals surface area contributed by atoms with Crippen LogP contribution in [0.1, 0.15) is 0 Å². The monoisotopic (exact) mass is 340 g/mol. The molecule has 0 fully saturated rings. The lowest BCUT2D eigenvalue weighted by Crippen LogP contribution is -2.13. The second-order valence-electron chi connectivity index (χ2n) is 4.36. The van der Waals surface area contributed by atoms with Crippen LogP contribution in [-0.4, -0.2) is 33.0 Å². The van der Waals surface area contributed by atoms with Gasteiger partial charge in [-0.2, -0.15) is 8.78 Å². The van der Waals surface area contributed by atoms with E-state index in [9.17, 15) is 13.6 Å². The van der Waals surface area contributed by atoms with Crippen molar-refractivity contribution in [3.63, 3.8) is 0 Å². The first-order valence-electron chi connectivity index (χ1n) is 6.51. The van der Waals surface area contributed by atoms with E-state index in [4.69, 9.17) is 5.73 Å². The second kappa shape index (κ2) is 7.73. The summed E-state index contributed by atoms with van der Waals surface area (Å²) in [4.78, 5) is 10.9. The quantitative estimate of drug-likeness (QED) is 0.589. The fraction of sp³-hybridized carbons (Fsp3) is 0.214. The lowest BCUT2D eigenvalue weighted by Gasteiger charge is -2.08. The zero-order chi connectivity index (χ0) is 16.8. The first-order valence-corrected chi connectivity index (χ1v) is 7.50. The van der Waals surface area contributed by atoms with E-state index in [0.29, 0.717) is 23.1 Å². The SMILES string of the molecule is C=CCn1c(SCC(N)=O)nnc1-c1ccc(OC(F)F)cc1. The number of hydrogen-bond acceptors (Lipinski definition) is 5. The maximum Gasteiger partial charge on any atom is 0.387 e.